The van der Waals surface area contributed by atoms with Crippen molar-refractivity contribution in [1.82, 2.24) is 4.90 Å². The van der Waals surface area contributed by atoms with E-state index in [1.165, 1.54) is 13.8 Å². The molecule has 0 bridgehead atoms. The van der Waals surface area contributed by atoms with Gasteiger partial charge < -0.3 is 10.1 Å². The largest absolute Gasteiger partial charge is 0.451 e. The number of hydrogen-bond acceptors (Lipinski definition) is 6. The Morgan fingerprint density at radius 1 is 1.10 bits per heavy atom. The van der Waals surface area contributed by atoms with E-state index < -0.39 is 24.0 Å². The molecule has 1 N–H and O–H groups in total. The SMILES string of the molecule is C[C@H](OC(=O)[C@H](C)N1C(=O)[C@H]2CCCC[C@H]2C1=O)C(=O)Nc1ccc(C#N)cc1. The zero-order valence-corrected chi connectivity index (χ0v) is 16.4. The fraction of sp³-hybridized carbons (Fsp3) is 0.476. The molecule has 8 heteroatoms. The van der Waals surface area contributed by atoms with E-state index >= 15 is 0 Å². The molecular formula is C21H23N3O5. The summed E-state index contributed by atoms with van der Waals surface area (Å²) in [4.78, 5) is 51.0. The molecule has 29 heavy (non-hydrogen) atoms. The molecule has 2 fully saturated rings. The van der Waals surface area contributed by atoms with E-state index in [0.29, 0.717) is 24.1 Å². The van der Waals surface area contributed by atoms with Crippen LogP contribution in [0.1, 0.15) is 45.1 Å². The summed E-state index contributed by atoms with van der Waals surface area (Å²) in [5, 5.41) is 11.4. The number of fused-ring (bicyclic) bond motifs is 1. The van der Waals surface area contributed by atoms with Gasteiger partial charge in [0.1, 0.15) is 6.04 Å². The second-order valence-electron chi connectivity index (χ2n) is 7.48. The molecule has 1 aliphatic heterocycles. The van der Waals surface area contributed by atoms with Crippen molar-refractivity contribution in [3.05, 3.63) is 29.8 Å². The molecule has 152 valence electrons. The molecule has 1 aromatic rings. The van der Waals surface area contributed by atoms with Gasteiger partial charge in [0.05, 0.1) is 23.5 Å². The summed E-state index contributed by atoms with van der Waals surface area (Å²) in [5.74, 6) is -2.68. The average molecular weight is 397 g/mol. The van der Waals surface area contributed by atoms with Crippen LogP contribution in [0.5, 0.6) is 0 Å². The van der Waals surface area contributed by atoms with Gasteiger partial charge in [-0.3, -0.25) is 19.3 Å². The number of nitrogens with one attached hydrogen (secondary N) is 1. The third kappa shape index (κ3) is 4.14. The van der Waals surface area contributed by atoms with Crippen LogP contribution < -0.4 is 5.32 Å². The van der Waals surface area contributed by atoms with E-state index in [-0.39, 0.29) is 23.7 Å². The fourth-order valence-electron chi connectivity index (χ4n) is 3.87. The maximum absolute atomic E-state index is 12.6. The zero-order valence-electron chi connectivity index (χ0n) is 16.4. The summed E-state index contributed by atoms with van der Waals surface area (Å²) in [6.45, 7) is 2.86. The molecule has 1 saturated carbocycles. The summed E-state index contributed by atoms with van der Waals surface area (Å²) in [7, 11) is 0. The minimum absolute atomic E-state index is 0.321. The van der Waals surface area contributed by atoms with Gasteiger partial charge in [0, 0.05) is 5.69 Å². The molecule has 1 heterocycles. The predicted molar refractivity (Wildman–Crippen MR) is 102 cm³/mol. The van der Waals surface area contributed by atoms with Crippen LogP contribution in [0.25, 0.3) is 0 Å². The number of likely N-dealkylation sites (tertiary alicyclic amines) is 1. The highest BCUT2D eigenvalue weighted by atomic mass is 16.5. The molecule has 0 aromatic heterocycles. The smallest absolute Gasteiger partial charge is 0.329 e. The van der Waals surface area contributed by atoms with Gasteiger partial charge in [-0.1, -0.05) is 12.8 Å². The standard InChI is InChI=1S/C21H23N3O5/c1-12(24-19(26)16-5-3-4-6-17(16)20(24)27)21(28)29-13(2)18(25)23-15-9-7-14(11-22)8-10-15/h7-10,12-13,16-17H,3-6H2,1-2H3,(H,23,25)/t12-,13-,16-,17+/m0/s1. The molecule has 8 nitrogen and oxygen atoms in total. The second-order valence-corrected chi connectivity index (χ2v) is 7.48. The molecule has 2 aliphatic rings. The molecule has 0 spiro atoms. The van der Waals surface area contributed by atoms with Gasteiger partial charge >= 0.3 is 5.97 Å². The number of carbonyl (C=O) groups excluding carboxylic acids is 4. The Hall–Kier alpha value is -3.21. The number of amides is 3. The van der Waals surface area contributed by atoms with Crippen molar-refractivity contribution in [2.45, 2.75) is 51.7 Å². The number of carbonyl (C=O) groups is 4. The highest BCUT2D eigenvalue weighted by Gasteiger charge is 2.51. The Morgan fingerprint density at radius 2 is 1.66 bits per heavy atom. The third-order valence-corrected chi connectivity index (χ3v) is 5.55. The van der Waals surface area contributed by atoms with Crippen molar-refractivity contribution in [1.29, 1.82) is 5.26 Å². The summed E-state index contributed by atoms with van der Waals surface area (Å²) < 4.78 is 5.20. The normalized spacial score (nSPS) is 23.0. The van der Waals surface area contributed by atoms with Crippen molar-refractivity contribution >= 4 is 29.4 Å². The van der Waals surface area contributed by atoms with Crippen molar-refractivity contribution in [2.75, 3.05) is 5.32 Å². The number of anilines is 1. The van der Waals surface area contributed by atoms with E-state index in [0.717, 1.165) is 17.7 Å². The summed E-state index contributed by atoms with van der Waals surface area (Å²) in [5.41, 5.74) is 0.913. The minimum Gasteiger partial charge on any atom is -0.451 e. The number of nitrogens with zero attached hydrogens (tertiary/aromatic N) is 2. The molecule has 1 aromatic carbocycles. The van der Waals surface area contributed by atoms with Crippen LogP contribution in [0.3, 0.4) is 0 Å². The van der Waals surface area contributed by atoms with Crippen molar-refractivity contribution < 1.29 is 23.9 Å². The van der Waals surface area contributed by atoms with Crippen LogP contribution in [0.4, 0.5) is 5.69 Å². The fourth-order valence-corrected chi connectivity index (χ4v) is 3.87. The lowest BCUT2D eigenvalue weighted by Gasteiger charge is -2.23. The lowest BCUT2D eigenvalue weighted by Crippen LogP contribution is -2.46. The molecule has 0 unspecified atom stereocenters. The molecule has 4 atom stereocenters. The molecule has 3 rings (SSSR count). The molecule has 3 amide bonds. The van der Waals surface area contributed by atoms with Crippen LogP contribution in [-0.4, -0.2) is 40.7 Å². The first-order chi connectivity index (χ1) is 13.8. The van der Waals surface area contributed by atoms with E-state index in [9.17, 15) is 19.2 Å². The minimum atomic E-state index is -1.12. The number of esters is 1. The lowest BCUT2D eigenvalue weighted by molar-refractivity contribution is -0.163. The quantitative estimate of drug-likeness (QED) is 0.600. The van der Waals surface area contributed by atoms with Gasteiger partial charge in [0.2, 0.25) is 11.8 Å². The first kappa shape index (κ1) is 20.5. The first-order valence-corrected chi connectivity index (χ1v) is 9.72. The Bertz CT molecular complexity index is 849. The number of hydrogen-bond donors (Lipinski definition) is 1. The van der Waals surface area contributed by atoms with Gasteiger partial charge in [0.15, 0.2) is 6.10 Å². The van der Waals surface area contributed by atoms with Crippen molar-refractivity contribution in [2.24, 2.45) is 11.8 Å². The van der Waals surface area contributed by atoms with Gasteiger partial charge in [-0.2, -0.15) is 5.26 Å². The highest BCUT2D eigenvalue weighted by Crippen LogP contribution is 2.38. The van der Waals surface area contributed by atoms with Crippen LogP contribution in [-0.2, 0) is 23.9 Å². The Kier molecular flexibility index (Phi) is 5.97. The van der Waals surface area contributed by atoms with Crippen LogP contribution >= 0.6 is 0 Å². The first-order valence-electron chi connectivity index (χ1n) is 9.72. The lowest BCUT2D eigenvalue weighted by atomic mass is 9.81. The monoisotopic (exact) mass is 397 g/mol. The topological polar surface area (TPSA) is 117 Å². The van der Waals surface area contributed by atoms with Crippen LogP contribution in [0, 0.1) is 23.2 Å². The second kappa shape index (κ2) is 8.43. The van der Waals surface area contributed by atoms with Crippen LogP contribution in [0.2, 0.25) is 0 Å². The summed E-state index contributed by atoms with van der Waals surface area (Å²) in [6, 6.07) is 7.14. The van der Waals surface area contributed by atoms with E-state index in [1.807, 2.05) is 6.07 Å². The average Bonchev–Trinajstić information content (AvgIpc) is 2.98. The maximum Gasteiger partial charge on any atom is 0.329 e. The Balaban J connectivity index is 1.59. The summed E-state index contributed by atoms with van der Waals surface area (Å²) >= 11 is 0. The Morgan fingerprint density at radius 3 is 2.17 bits per heavy atom. The number of benzene rings is 1. The van der Waals surface area contributed by atoms with E-state index in [2.05, 4.69) is 5.32 Å². The number of imide groups is 1. The predicted octanol–water partition coefficient (Wildman–Crippen LogP) is 1.99. The molecule has 0 radical (unpaired) electrons. The van der Waals surface area contributed by atoms with Gasteiger partial charge in [-0.15, -0.1) is 0 Å². The molecule has 1 aliphatic carbocycles. The van der Waals surface area contributed by atoms with Gasteiger partial charge in [-0.25, -0.2) is 4.79 Å². The molecular weight excluding hydrogens is 374 g/mol. The number of rotatable bonds is 5. The van der Waals surface area contributed by atoms with Crippen molar-refractivity contribution in [3.63, 3.8) is 0 Å². The van der Waals surface area contributed by atoms with Gasteiger partial charge in [-0.05, 0) is 51.0 Å². The van der Waals surface area contributed by atoms with Gasteiger partial charge in [0.25, 0.3) is 5.91 Å². The third-order valence-electron chi connectivity index (χ3n) is 5.55. The molecule has 1 saturated heterocycles. The highest BCUT2D eigenvalue weighted by molar-refractivity contribution is 6.08. The van der Waals surface area contributed by atoms with E-state index in [4.69, 9.17) is 10.00 Å². The maximum atomic E-state index is 12.6. The van der Waals surface area contributed by atoms with E-state index in [1.54, 1.807) is 24.3 Å². The number of nitriles is 1. The van der Waals surface area contributed by atoms with Crippen molar-refractivity contribution in [3.8, 4) is 6.07 Å². The Labute approximate surface area is 168 Å². The zero-order chi connectivity index (χ0) is 21.1. The summed E-state index contributed by atoms with van der Waals surface area (Å²) in [6.07, 6.45) is 2.02. The van der Waals surface area contributed by atoms with Crippen LogP contribution in [0.15, 0.2) is 24.3 Å². The number of ether oxygens (including phenoxy) is 1.